The first kappa shape index (κ1) is 21.7. The van der Waals surface area contributed by atoms with Gasteiger partial charge in [0, 0.05) is 0 Å². The molecule has 0 aliphatic rings. The molecule has 1 aromatic heterocycles. The highest BCUT2D eigenvalue weighted by Gasteiger charge is 2.21. The van der Waals surface area contributed by atoms with E-state index in [1.54, 1.807) is 0 Å². The van der Waals surface area contributed by atoms with E-state index in [1.807, 2.05) is 0 Å². The quantitative estimate of drug-likeness (QED) is 0.345. The molecule has 0 spiro atoms. The zero-order valence-electron chi connectivity index (χ0n) is 16.0. The second-order valence-electron chi connectivity index (χ2n) is 7.17. The molecule has 0 bridgehead atoms. The highest BCUT2D eigenvalue weighted by Crippen LogP contribution is 2.21. The third-order valence-corrected chi connectivity index (χ3v) is 4.94. The Morgan fingerprint density at radius 3 is 1.80 bits per heavy atom. The van der Waals surface area contributed by atoms with E-state index < -0.39 is 11.9 Å². The largest absolute Gasteiger partial charge is 0.481 e. The molecule has 0 saturated heterocycles. The molecule has 144 valence electrons. The number of H-pyrrole nitrogens is 1. The number of nitrogens with one attached hydrogen (secondary N) is 1. The molecule has 1 rings (SSSR count). The number of aromatic amines is 1. The summed E-state index contributed by atoms with van der Waals surface area (Å²) < 4.78 is 0. The van der Waals surface area contributed by atoms with E-state index >= 15 is 0 Å². The van der Waals surface area contributed by atoms with Gasteiger partial charge in [0.15, 0.2) is 0 Å². The van der Waals surface area contributed by atoms with E-state index in [9.17, 15) is 9.90 Å². The van der Waals surface area contributed by atoms with Crippen molar-refractivity contribution in [2.24, 2.45) is 0 Å². The second kappa shape index (κ2) is 14.9. The first-order valence-corrected chi connectivity index (χ1v) is 10.3. The molecule has 1 atom stereocenters. The van der Waals surface area contributed by atoms with Crippen molar-refractivity contribution < 1.29 is 9.90 Å². The zero-order chi connectivity index (χ0) is 18.2. The van der Waals surface area contributed by atoms with Gasteiger partial charge < -0.3 is 5.11 Å². The molecule has 0 fully saturated rings. The molecule has 0 amide bonds. The fourth-order valence-corrected chi connectivity index (χ4v) is 3.32. The minimum Gasteiger partial charge on any atom is -0.481 e. The van der Waals surface area contributed by atoms with Crippen LogP contribution in [0.4, 0.5) is 0 Å². The molecule has 5 heteroatoms. The van der Waals surface area contributed by atoms with Gasteiger partial charge in [0.1, 0.15) is 5.92 Å². The van der Waals surface area contributed by atoms with Gasteiger partial charge in [-0.15, -0.1) is 0 Å². The molecule has 0 aliphatic carbocycles. The molecule has 0 saturated carbocycles. The van der Waals surface area contributed by atoms with Gasteiger partial charge in [-0.3, -0.25) is 4.79 Å². The van der Waals surface area contributed by atoms with Crippen LogP contribution in [0.5, 0.6) is 0 Å². The number of carbonyl (C=O) groups is 1. The summed E-state index contributed by atoms with van der Waals surface area (Å²) in [6.07, 6.45) is 20.5. The van der Waals surface area contributed by atoms with Crippen molar-refractivity contribution in [3.8, 4) is 0 Å². The third-order valence-electron chi connectivity index (χ3n) is 4.94. The summed E-state index contributed by atoms with van der Waals surface area (Å²) in [6, 6.07) is 0. The maximum absolute atomic E-state index is 11.3. The van der Waals surface area contributed by atoms with E-state index in [0.717, 1.165) is 12.8 Å². The van der Waals surface area contributed by atoms with Crippen LogP contribution in [0.25, 0.3) is 0 Å². The Kier molecular flexibility index (Phi) is 12.9. The lowest BCUT2D eigenvalue weighted by molar-refractivity contribution is -0.139. The van der Waals surface area contributed by atoms with Crippen LogP contribution in [0.2, 0.25) is 0 Å². The number of aromatic nitrogens is 3. The van der Waals surface area contributed by atoms with Crippen LogP contribution in [0.15, 0.2) is 6.20 Å². The molecule has 1 unspecified atom stereocenters. The maximum atomic E-state index is 11.3. The Balaban J connectivity index is 1.88. The van der Waals surface area contributed by atoms with E-state index in [0.29, 0.717) is 12.1 Å². The van der Waals surface area contributed by atoms with Crippen LogP contribution in [-0.2, 0) is 4.79 Å². The Hall–Kier alpha value is -1.39. The Morgan fingerprint density at radius 2 is 1.40 bits per heavy atom. The SMILES string of the molecule is CCCCCCCCCCCCCCCCC(C(=O)O)c1cn[nH]n1. The summed E-state index contributed by atoms with van der Waals surface area (Å²) >= 11 is 0. The lowest BCUT2D eigenvalue weighted by Crippen LogP contribution is -2.12. The number of nitrogens with zero attached hydrogens (tertiary/aromatic N) is 2. The van der Waals surface area contributed by atoms with Crippen molar-refractivity contribution in [2.75, 3.05) is 0 Å². The Bertz CT molecular complexity index is 421. The minimum absolute atomic E-state index is 0.518. The van der Waals surface area contributed by atoms with E-state index in [-0.39, 0.29) is 0 Å². The van der Waals surface area contributed by atoms with E-state index in [1.165, 1.54) is 83.2 Å². The molecule has 0 aliphatic heterocycles. The van der Waals surface area contributed by atoms with Gasteiger partial charge in [0.25, 0.3) is 0 Å². The average Bonchev–Trinajstić information content (AvgIpc) is 3.12. The van der Waals surface area contributed by atoms with E-state index in [2.05, 4.69) is 22.3 Å². The molecule has 5 nitrogen and oxygen atoms in total. The van der Waals surface area contributed by atoms with Crippen LogP contribution in [-0.4, -0.2) is 26.5 Å². The van der Waals surface area contributed by atoms with Crippen LogP contribution in [0.3, 0.4) is 0 Å². The normalized spacial score (nSPS) is 12.4. The van der Waals surface area contributed by atoms with Crippen molar-refractivity contribution in [1.82, 2.24) is 15.4 Å². The van der Waals surface area contributed by atoms with E-state index in [4.69, 9.17) is 0 Å². The number of carboxylic acid groups (broad SMARTS) is 1. The summed E-state index contributed by atoms with van der Waals surface area (Å²) in [5, 5.41) is 19.4. The lowest BCUT2D eigenvalue weighted by atomic mass is 9.97. The van der Waals surface area contributed by atoms with Crippen molar-refractivity contribution in [2.45, 2.75) is 109 Å². The fraction of sp³-hybridized carbons (Fsp3) is 0.850. The van der Waals surface area contributed by atoms with Crippen molar-refractivity contribution in [1.29, 1.82) is 0 Å². The van der Waals surface area contributed by atoms with Crippen molar-refractivity contribution >= 4 is 5.97 Å². The predicted octanol–water partition coefficient (Wildman–Crippen LogP) is 5.84. The van der Waals surface area contributed by atoms with Gasteiger partial charge in [0.05, 0.1) is 11.9 Å². The minimum atomic E-state index is -0.802. The van der Waals surface area contributed by atoms with Crippen LogP contribution < -0.4 is 0 Å². The van der Waals surface area contributed by atoms with Gasteiger partial charge in [-0.05, 0) is 6.42 Å². The number of unbranched alkanes of at least 4 members (excludes halogenated alkanes) is 13. The van der Waals surface area contributed by atoms with Gasteiger partial charge >= 0.3 is 5.97 Å². The maximum Gasteiger partial charge on any atom is 0.312 e. The number of hydrogen-bond donors (Lipinski definition) is 2. The van der Waals surface area contributed by atoms with Gasteiger partial charge in [-0.1, -0.05) is 96.8 Å². The van der Waals surface area contributed by atoms with Crippen LogP contribution >= 0.6 is 0 Å². The van der Waals surface area contributed by atoms with Crippen molar-refractivity contribution in [3.05, 3.63) is 11.9 Å². The summed E-state index contributed by atoms with van der Waals surface area (Å²) in [7, 11) is 0. The highest BCUT2D eigenvalue weighted by molar-refractivity contribution is 5.75. The number of rotatable bonds is 17. The average molecular weight is 352 g/mol. The molecule has 2 N–H and O–H groups in total. The lowest BCUT2D eigenvalue weighted by Gasteiger charge is -2.08. The molecular weight excluding hydrogens is 314 g/mol. The fourth-order valence-electron chi connectivity index (χ4n) is 3.32. The topological polar surface area (TPSA) is 78.9 Å². The molecule has 0 radical (unpaired) electrons. The predicted molar refractivity (Wildman–Crippen MR) is 102 cm³/mol. The Labute approximate surface area is 153 Å². The highest BCUT2D eigenvalue weighted by atomic mass is 16.4. The Morgan fingerprint density at radius 1 is 0.920 bits per heavy atom. The number of carboxylic acids is 1. The standard InChI is InChI=1S/C20H37N3O2/c1-2-3-4-5-6-7-8-9-10-11-12-13-14-15-16-18(20(24)25)19-17-21-23-22-19/h17-18H,2-16H2,1H3,(H,24,25)(H,21,22,23). The second-order valence-corrected chi connectivity index (χ2v) is 7.17. The summed E-state index contributed by atoms with van der Waals surface area (Å²) in [4.78, 5) is 11.3. The first-order valence-electron chi connectivity index (χ1n) is 10.3. The number of aliphatic carboxylic acids is 1. The molecular formula is C20H37N3O2. The first-order chi connectivity index (χ1) is 12.3. The van der Waals surface area contributed by atoms with Crippen LogP contribution in [0, 0.1) is 0 Å². The molecule has 25 heavy (non-hydrogen) atoms. The zero-order valence-corrected chi connectivity index (χ0v) is 16.0. The smallest absolute Gasteiger partial charge is 0.312 e. The van der Waals surface area contributed by atoms with Gasteiger partial charge in [-0.2, -0.15) is 15.4 Å². The summed E-state index contributed by atoms with van der Waals surface area (Å²) in [6.45, 7) is 2.27. The van der Waals surface area contributed by atoms with Gasteiger partial charge in [-0.25, -0.2) is 0 Å². The third kappa shape index (κ3) is 11.0. The van der Waals surface area contributed by atoms with Crippen molar-refractivity contribution in [3.63, 3.8) is 0 Å². The molecule has 0 aromatic carbocycles. The monoisotopic (exact) mass is 351 g/mol. The summed E-state index contributed by atoms with van der Waals surface area (Å²) in [5.74, 6) is -1.32. The number of hydrogen-bond acceptors (Lipinski definition) is 3. The van der Waals surface area contributed by atoms with Gasteiger partial charge in [0.2, 0.25) is 0 Å². The molecule has 1 aromatic rings. The molecule has 1 heterocycles. The summed E-state index contributed by atoms with van der Waals surface area (Å²) in [5.41, 5.74) is 0.544. The van der Waals surface area contributed by atoms with Crippen LogP contribution in [0.1, 0.15) is 115 Å².